The molecule has 0 spiro atoms. The predicted octanol–water partition coefficient (Wildman–Crippen LogP) is 5.58. The first-order valence-corrected chi connectivity index (χ1v) is 7.69. The first-order chi connectivity index (χ1) is 10.3. The lowest BCUT2D eigenvalue weighted by molar-refractivity contribution is 0.0241. The molecule has 3 nitrogen and oxygen atoms in total. The molecule has 0 fully saturated rings. The second-order valence-corrected chi connectivity index (χ2v) is 5.43. The number of hydrogen-bond acceptors (Lipinski definition) is 3. The van der Waals surface area contributed by atoms with Gasteiger partial charge < -0.3 is 4.74 Å². The van der Waals surface area contributed by atoms with Crippen LogP contribution in [-0.4, -0.2) is 12.7 Å². The van der Waals surface area contributed by atoms with E-state index in [1.54, 1.807) is 7.11 Å². The Morgan fingerprint density at radius 2 is 1.95 bits per heavy atom. The van der Waals surface area contributed by atoms with Crippen LogP contribution in [0.4, 0.5) is 5.69 Å². The lowest BCUT2D eigenvalue weighted by atomic mass is 9.88. The van der Waals surface area contributed by atoms with Gasteiger partial charge in [-0.1, -0.05) is 56.5 Å². The zero-order chi connectivity index (χ0) is 15.0. The molecule has 3 heteroatoms. The van der Waals surface area contributed by atoms with Crippen LogP contribution < -0.4 is 0 Å². The van der Waals surface area contributed by atoms with Gasteiger partial charge in [-0.3, -0.25) is 0 Å². The van der Waals surface area contributed by atoms with Crippen LogP contribution in [0.15, 0.2) is 64.5 Å². The van der Waals surface area contributed by atoms with Crippen molar-refractivity contribution in [2.24, 2.45) is 10.2 Å². The van der Waals surface area contributed by atoms with Crippen LogP contribution in [0, 0.1) is 0 Å². The van der Waals surface area contributed by atoms with Gasteiger partial charge in [0.15, 0.2) is 0 Å². The Labute approximate surface area is 127 Å². The molecule has 0 aliphatic heterocycles. The first kappa shape index (κ1) is 15.6. The normalized spacial score (nSPS) is 21.7. The van der Waals surface area contributed by atoms with Gasteiger partial charge in [0.1, 0.15) is 0 Å². The van der Waals surface area contributed by atoms with E-state index in [1.807, 2.05) is 36.4 Å². The molecule has 0 amide bonds. The van der Waals surface area contributed by atoms with Gasteiger partial charge >= 0.3 is 0 Å². The van der Waals surface area contributed by atoms with Crippen LogP contribution in [0.3, 0.4) is 0 Å². The Hall–Kier alpha value is -1.74. The quantitative estimate of drug-likeness (QED) is 0.475. The molecule has 1 aliphatic carbocycles. The number of benzene rings is 1. The third kappa shape index (κ3) is 4.64. The highest BCUT2D eigenvalue weighted by molar-refractivity contribution is 5.36. The van der Waals surface area contributed by atoms with Crippen LogP contribution in [0.25, 0.3) is 0 Å². The number of azo groups is 1. The monoisotopic (exact) mass is 284 g/mol. The zero-order valence-corrected chi connectivity index (χ0v) is 13.0. The minimum Gasteiger partial charge on any atom is -0.374 e. The number of ether oxygens (including phenoxy) is 1. The van der Waals surface area contributed by atoms with Crippen molar-refractivity contribution in [2.45, 2.75) is 44.6 Å². The minimum absolute atomic E-state index is 0.152. The van der Waals surface area contributed by atoms with Crippen LogP contribution in [-0.2, 0) is 4.74 Å². The predicted molar refractivity (Wildman–Crippen MR) is 86.7 cm³/mol. The number of methoxy groups -OCH3 is 1. The van der Waals surface area contributed by atoms with E-state index in [0.29, 0.717) is 0 Å². The third-order valence-corrected chi connectivity index (χ3v) is 3.86. The molecule has 0 radical (unpaired) electrons. The van der Waals surface area contributed by atoms with Crippen LogP contribution in [0.1, 0.15) is 39.0 Å². The molecule has 112 valence electrons. The molecular formula is C18H24N2O. The molecule has 21 heavy (non-hydrogen) atoms. The van der Waals surface area contributed by atoms with E-state index >= 15 is 0 Å². The number of nitrogens with zero attached hydrogens (tertiary/aromatic N) is 2. The van der Waals surface area contributed by atoms with Gasteiger partial charge in [-0.25, -0.2) is 0 Å². The molecule has 0 N–H and O–H groups in total. The van der Waals surface area contributed by atoms with Gasteiger partial charge in [0, 0.05) is 13.5 Å². The van der Waals surface area contributed by atoms with E-state index in [-0.39, 0.29) is 5.60 Å². The summed E-state index contributed by atoms with van der Waals surface area (Å²) >= 11 is 0. The summed E-state index contributed by atoms with van der Waals surface area (Å²) in [5.41, 5.74) is 1.63. The van der Waals surface area contributed by atoms with Crippen molar-refractivity contribution in [3.63, 3.8) is 0 Å². The van der Waals surface area contributed by atoms with Gasteiger partial charge in [0.2, 0.25) is 0 Å². The summed E-state index contributed by atoms with van der Waals surface area (Å²) in [5, 5.41) is 8.54. The third-order valence-electron chi connectivity index (χ3n) is 3.86. The molecule has 1 unspecified atom stereocenters. The second kappa shape index (κ2) is 7.89. The summed E-state index contributed by atoms with van der Waals surface area (Å²) < 4.78 is 5.73. The summed E-state index contributed by atoms with van der Waals surface area (Å²) in [6.45, 7) is 2.22. The molecule has 1 aliphatic rings. The van der Waals surface area contributed by atoms with Crippen molar-refractivity contribution < 1.29 is 4.74 Å². The largest absolute Gasteiger partial charge is 0.374 e. The summed E-state index contributed by atoms with van der Waals surface area (Å²) in [4.78, 5) is 0. The van der Waals surface area contributed by atoms with E-state index in [0.717, 1.165) is 24.2 Å². The molecule has 2 rings (SSSR count). The molecule has 1 aromatic rings. The number of hydrogen-bond donors (Lipinski definition) is 0. The zero-order valence-electron chi connectivity index (χ0n) is 13.0. The fraction of sp³-hybridized carbons (Fsp3) is 0.444. The highest BCUT2D eigenvalue weighted by Crippen LogP contribution is 2.30. The van der Waals surface area contributed by atoms with Crippen molar-refractivity contribution >= 4 is 5.69 Å². The number of rotatable bonds is 7. The van der Waals surface area contributed by atoms with E-state index in [9.17, 15) is 0 Å². The van der Waals surface area contributed by atoms with Gasteiger partial charge in [-0.05, 0) is 24.6 Å². The fourth-order valence-corrected chi connectivity index (χ4v) is 2.45. The smallest absolute Gasteiger partial charge is 0.0897 e. The summed E-state index contributed by atoms with van der Waals surface area (Å²) in [6.07, 6.45) is 11.9. The Bertz CT molecular complexity index is 519. The Balaban J connectivity index is 1.95. The van der Waals surface area contributed by atoms with Crippen LogP contribution in [0.2, 0.25) is 0 Å². The molecule has 0 aromatic heterocycles. The van der Waals surface area contributed by atoms with Crippen LogP contribution in [0.5, 0.6) is 0 Å². The van der Waals surface area contributed by atoms with Crippen molar-refractivity contribution in [1.82, 2.24) is 0 Å². The minimum atomic E-state index is -0.152. The maximum Gasteiger partial charge on any atom is 0.0897 e. The number of unbranched alkanes of at least 4 members (excludes halogenated alkanes) is 2. The van der Waals surface area contributed by atoms with Gasteiger partial charge in [-0.15, -0.1) is 0 Å². The molecule has 0 bridgehead atoms. The Morgan fingerprint density at radius 1 is 1.14 bits per heavy atom. The lowest BCUT2D eigenvalue weighted by Gasteiger charge is -2.30. The van der Waals surface area contributed by atoms with E-state index in [2.05, 4.69) is 29.3 Å². The number of allylic oxidation sites excluding steroid dienone is 1. The highest BCUT2D eigenvalue weighted by Gasteiger charge is 2.27. The molecule has 0 saturated heterocycles. The molecule has 1 aromatic carbocycles. The highest BCUT2D eigenvalue weighted by atomic mass is 16.5. The first-order valence-electron chi connectivity index (χ1n) is 7.69. The fourth-order valence-electron chi connectivity index (χ4n) is 2.45. The summed E-state index contributed by atoms with van der Waals surface area (Å²) in [6, 6.07) is 9.79. The van der Waals surface area contributed by atoms with Gasteiger partial charge in [-0.2, -0.15) is 10.2 Å². The maximum atomic E-state index is 5.73. The molecule has 1 atom stereocenters. The van der Waals surface area contributed by atoms with Gasteiger partial charge in [0.05, 0.1) is 17.0 Å². The van der Waals surface area contributed by atoms with Crippen molar-refractivity contribution in [1.29, 1.82) is 0 Å². The second-order valence-electron chi connectivity index (χ2n) is 5.43. The van der Waals surface area contributed by atoms with Crippen LogP contribution >= 0.6 is 0 Å². The Kier molecular flexibility index (Phi) is 5.88. The van der Waals surface area contributed by atoms with E-state index in [1.165, 1.54) is 19.3 Å². The van der Waals surface area contributed by atoms with Gasteiger partial charge in [0.25, 0.3) is 0 Å². The van der Waals surface area contributed by atoms with E-state index < -0.39 is 0 Å². The van der Waals surface area contributed by atoms with Crippen molar-refractivity contribution in [3.05, 3.63) is 54.3 Å². The SMILES string of the molecule is CCCCCC1(OC)C=CC(N=Nc2ccccc2)=CC1. The lowest BCUT2D eigenvalue weighted by Crippen LogP contribution is -2.29. The topological polar surface area (TPSA) is 34.0 Å². The average molecular weight is 284 g/mol. The van der Waals surface area contributed by atoms with Crippen molar-refractivity contribution in [2.75, 3.05) is 7.11 Å². The standard InChI is InChI=1S/C18H24N2O/c1-3-4-8-13-18(21-2)14-11-17(12-15-18)20-19-16-9-6-5-7-10-16/h5-7,9-12,14H,3-4,8,13,15H2,1-2H3. The molecule has 0 heterocycles. The van der Waals surface area contributed by atoms with E-state index in [4.69, 9.17) is 4.74 Å². The average Bonchev–Trinajstić information content (AvgIpc) is 2.55. The Morgan fingerprint density at radius 3 is 2.57 bits per heavy atom. The molecular weight excluding hydrogens is 260 g/mol. The molecule has 0 saturated carbocycles. The van der Waals surface area contributed by atoms with Crippen molar-refractivity contribution in [3.8, 4) is 0 Å². The summed E-state index contributed by atoms with van der Waals surface area (Å²) in [5.74, 6) is 0. The summed E-state index contributed by atoms with van der Waals surface area (Å²) in [7, 11) is 1.79. The maximum absolute atomic E-state index is 5.73.